The number of fused-ring (bicyclic) bond motifs is 1. The summed E-state index contributed by atoms with van der Waals surface area (Å²) in [5.74, 6) is 2.27. The predicted octanol–water partition coefficient (Wildman–Crippen LogP) is 3.92. The Bertz CT molecular complexity index is 1410. The molecule has 5 rings (SSSR count). The SMILES string of the molecule is CCOc1cccc(Cn2ncc3c(N4CCN(C(=O)C5CCC(C(=O)N(CC)CCN(CC)CC)CC5)CC4)ncnc32)c1. The number of amides is 2. The second-order valence-electron chi connectivity index (χ2n) is 12.1. The van der Waals surface area contributed by atoms with Crippen LogP contribution in [0.4, 0.5) is 5.82 Å². The average Bonchev–Trinajstić information content (AvgIpc) is 3.49. The minimum absolute atomic E-state index is 0.0107. The molecule has 11 nitrogen and oxygen atoms in total. The van der Waals surface area contributed by atoms with Gasteiger partial charge in [0, 0.05) is 57.6 Å². The highest BCUT2D eigenvalue weighted by Gasteiger charge is 2.35. The van der Waals surface area contributed by atoms with E-state index in [2.05, 4.69) is 51.7 Å². The number of likely N-dealkylation sites (N-methyl/N-ethyl adjacent to an activating group) is 2. The molecule has 0 spiro atoms. The Morgan fingerprint density at radius 3 is 2.33 bits per heavy atom. The molecule has 1 saturated heterocycles. The molecule has 0 N–H and O–H groups in total. The van der Waals surface area contributed by atoms with Crippen LogP contribution in [0.2, 0.25) is 0 Å². The number of rotatable bonds is 13. The van der Waals surface area contributed by atoms with E-state index in [0.29, 0.717) is 39.3 Å². The van der Waals surface area contributed by atoms with E-state index < -0.39 is 0 Å². The van der Waals surface area contributed by atoms with Crippen molar-refractivity contribution in [3.63, 3.8) is 0 Å². The van der Waals surface area contributed by atoms with Crippen molar-refractivity contribution in [1.82, 2.24) is 34.4 Å². The molecular formula is C34H50N8O3. The molecule has 1 aromatic carbocycles. The number of aromatic nitrogens is 4. The van der Waals surface area contributed by atoms with Gasteiger partial charge in [-0.2, -0.15) is 5.10 Å². The van der Waals surface area contributed by atoms with Crippen LogP contribution in [0.15, 0.2) is 36.8 Å². The zero-order chi connectivity index (χ0) is 31.8. The maximum atomic E-state index is 13.5. The average molecular weight is 619 g/mol. The van der Waals surface area contributed by atoms with Crippen LogP contribution in [-0.4, -0.2) is 112 Å². The second kappa shape index (κ2) is 15.5. The van der Waals surface area contributed by atoms with Crippen molar-refractivity contribution in [3.8, 4) is 5.75 Å². The highest BCUT2D eigenvalue weighted by molar-refractivity contribution is 5.87. The van der Waals surface area contributed by atoms with Crippen LogP contribution in [-0.2, 0) is 16.1 Å². The summed E-state index contributed by atoms with van der Waals surface area (Å²) in [6.45, 7) is 16.8. The lowest BCUT2D eigenvalue weighted by Gasteiger charge is -2.38. The van der Waals surface area contributed by atoms with Gasteiger partial charge in [-0.3, -0.25) is 9.59 Å². The Balaban J connectivity index is 1.13. The molecule has 244 valence electrons. The van der Waals surface area contributed by atoms with Crippen LogP contribution in [0.1, 0.15) is 58.9 Å². The van der Waals surface area contributed by atoms with E-state index in [1.165, 1.54) is 0 Å². The monoisotopic (exact) mass is 618 g/mol. The smallest absolute Gasteiger partial charge is 0.225 e. The van der Waals surface area contributed by atoms with E-state index in [-0.39, 0.29) is 23.7 Å². The number of anilines is 1. The summed E-state index contributed by atoms with van der Waals surface area (Å²) in [4.78, 5) is 44.6. The quantitative estimate of drug-likeness (QED) is 0.284. The number of nitrogens with zero attached hydrogens (tertiary/aromatic N) is 8. The largest absolute Gasteiger partial charge is 0.494 e. The number of carbonyl (C=O) groups excluding carboxylic acids is 2. The first kappa shape index (κ1) is 32.7. The van der Waals surface area contributed by atoms with Crippen LogP contribution in [0, 0.1) is 11.8 Å². The van der Waals surface area contributed by atoms with Crippen molar-refractivity contribution >= 4 is 28.7 Å². The zero-order valence-electron chi connectivity index (χ0n) is 27.5. The number of hydrogen-bond donors (Lipinski definition) is 0. The maximum Gasteiger partial charge on any atom is 0.225 e. The molecular weight excluding hydrogens is 568 g/mol. The number of carbonyl (C=O) groups is 2. The number of hydrogen-bond acceptors (Lipinski definition) is 8. The van der Waals surface area contributed by atoms with E-state index in [9.17, 15) is 9.59 Å². The molecule has 0 unspecified atom stereocenters. The lowest BCUT2D eigenvalue weighted by atomic mass is 9.80. The lowest BCUT2D eigenvalue weighted by Crippen LogP contribution is -2.51. The Morgan fingerprint density at radius 1 is 0.911 bits per heavy atom. The molecule has 1 aliphatic carbocycles. The van der Waals surface area contributed by atoms with E-state index in [1.807, 2.05) is 45.8 Å². The number of piperazine rings is 1. The molecule has 1 saturated carbocycles. The minimum atomic E-state index is 0.0107. The van der Waals surface area contributed by atoms with E-state index in [4.69, 9.17) is 4.74 Å². The molecule has 45 heavy (non-hydrogen) atoms. The highest BCUT2D eigenvalue weighted by Crippen LogP contribution is 2.32. The Kier molecular flexibility index (Phi) is 11.3. The molecule has 2 aliphatic rings. The topological polar surface area (TPSA) is 99.9 Å². The molecule has 0 atom stereocenters. The van der Waals surface area contributed by atoms with Crippen molar-refractivity contribution < 1.29 is 14.3 Å². The van der Waals surface area contributed by atoms with Crippen molar-refractivity contribution in [2.75, 3.05) is 70.4 Å². The van der Waals surface area contributed by atoms with Gasteiger partial charge in [-0.15, -0.1) is 0 Å². The van der Waals surface area contributed by atoms with Crippen molar-refractivity contribution in [3.05, 3.63) is 42.4 Å². The Hall–Kier alpha value is -3.73. The fraction of sp³-hybridized carbons (Fsp3) is 0.618. The fourth-order valence-electron chi connectivity index (χ4n) is 6.79. The van der Waals surface area contributed by atoms with Crippen LogP contribution in [0.25, 0.3) is 11.0 Å². The molecule has 3 aromatic rings. The molecule has 1 aliphatic heterocycles. The van der Waals surface area contributed by atoms with Gasteiger partial charge in [-0.1, -0.05) is 26.0 Å². The second-order valence-corrected chi connectivity index (χ2v) is 12.1. The Labute approximate surface area is 267 Å². The number of benzene rings is 1. The molecule has 2 amide bonds. The summed E-state index contributed by atoms with van der Waals surface area (Å²) in [7, 11) is 0. The van der Waals surface area contributed by atoms with Gasteiger partial charge in [-0.25, -0.2) is 14.6 Å². The normalized spacial score (nSPS) is 18.9. The third-order valence-corrected chi connectivity index (χ3v) is 9.54. The maximum absolute atomic E-state index is 13.5. The highest BCUT2D eigenvalue weighted by atomic mass is 16.5. The summed E-state index contributed by atoms with van der Waals surface area (Å²) in [5.41, 5.74) is 1.89. The van der Waals surface area contributed by atoms with Crippen molar-refractivity contribution in [2.24, 2.45) is 11.8 Å². The van der Waals surface area contributed by atoms with Gasteiger partial charge < -0.3 is 24.3 Å². The summed E-state index contributed by atoms with van der Waals surface area (Å²) in [6.07, 6.45) is 6.64. The lowest BCUT2D eigenvalue weighted by molar-refractivity contribution is -0.141. The first-order valence-corrected chi connectivity index (χ1v) is 16.9. The van der Waals surface area contributed by atoms with Crippen molar-refractivity contribution in [1.29, 1.82) is 0 Å². The standard InChI is InChI=1S/C34H50N8O3/c1-5-38(6-2)16-17-39(7-3)33(43)27-12-14-28(15-13-27)34(44)41-20-18-40(19-21-41)31-30-23-37-42(32(30)36-25-35-31)24-26-10-9-11-29(22-26)45-8-4/h9-11,22-23,25,27-28H,5-8,12-21,24H2,1-4H3. The molecule has 0 radical (unpaired) electrons. The first-order chi connectivity index (χ1) is 21.9. The van der Waals surface area contributed by atoms with Gasteiger partial charge in [0.1, 0.15) is 17.9 Å². The molecule has 3 heterocycles. The first-order valence-electron chi connectivity index (χ1n) is 16.9. The van der Waals surface area contributed by atoms with Crippen LogP contribution in [0.3, 0.4) is 0 Å². The van der Waals surface area contributed by atoms with Gasteiger partial charge >= 0.3 is 0 Å². The summed E-state index contributed by atoms with van der Waals surface area (Å²) >= 11 is 0. The molecule has 2 fully saturated rings. The number of ether oxygens (including phenoxy) is 1. The molecule has 0 bridgehead atoms. The third kappa shape index (κ3) is 7.74. The van der Waals surface area contributed by atoms with Crippen LogP contribution >= 0.6 is 0 Å². The van der Waals surface area contributed by atoms with Gasteiger partial charge in [0.05, 0.1) is 24.7 Å². The summed E-state index contributed by atoms with van der Waals surface area (Å²) in [6, 6.07) is 8.05. The summed E-state index contributed by atoms with van der Waals surface area (Å²) in [5, 5.41) is 5.56. The fourth-order valence-corrected chi connectivity index (χ4v) is 6.79. The van der Waals surface area contributed by atoms with E-state index >= 15 is 0 Å². The van der Waals surface area contributed by atoms with Gasteiger partial charge in [0.2, 0.25) is 11.8 Å². The molecule has 2 aromatic heterocycles. The molecule has 11 heteroatoms. The van der Waals surface area contributed by atoms with Crippen LogP contribution < -0.4 is 9.64 Å². The summed E-state index contributed by atoms with van der Waals surface area (Å²) < 4.78 is 7.56. The third-order valence-electron chi connectivity index (χ3n) is 9.54. The van der Waals surface area contributed by atoms with E-state index in [0.717, 1.165) is 86.6 Å². The predicted molar refractivity (Wildman–Crippen MR) is 176 cm³/mol. The van der Waals surface area contributed by atoms with Gasteiger partial charge in [-0.05, 0) is 70.3 Å². The van der Waals surface area contributed by atoms with E-state index in [1.54, 1.807) is 6.33 Å². The van der Waals surface area contributed by atoms with Crippen LogP contribution in [0.5, 0.6) is 5.75 Å². The van der Waals surface area contributed by atoms with Gasteiger partial charge in [0.15, 0.2) is 5.65 Å². The zero-order valence-corrected chi connectivity index (χ0v) is 27.5. The Morgan fingerprint density at radius 2 is 1.64 bits per heavy atom. The van der Waals surface area contributed by atoms with Crippen molar-refractivity contribution in [2.45, 2.75) is 59.9 Å². The minimum Gasteiger partial charge on any atom is -0.494 e. The van der Waals surface area contributed by atoms with Gasteiger partial charge in [0.25, 0.3) is 0 Å².